The number of carboxylic acid groups (broad SMARTS) is 2. The molecule has 0 aromatic carbocycles. The van der Waals surface area contributed by atoms with Crippen LogP contribution in [-0.2, 0) is 28.7 Å². The molecule has 8 nitrogen and oxygen atoms in total. The summed E-state index contributed by atoms with van der Waals surface area (Å²) in [4.78, 5) is 48.4. The monoisotopic (exact) mass is 452 g/mol. The van der Waals surface area contributed by atoms with E-state index in [1.807, 2.05) is 6.92 Å². The molecule has 2 N–H and O–H groups in total. The van der Waals surface area contributed by atoms with Crippen LogP contribution in [0.25, 0.3) is 0 Å². The summed E-state index contributed by atoms with van der Waals surface area (Å²) in [6.07, 6.45) is 2.43. The first-order valence-electron chi connectivity index (χ1n) is 11.6. The molecule has 3 fully saturated rings. The van der Waals surface area contributed by atoms with Crippen molar-refractivity contribution in [2.45, 2.75) is 72.3 Å². The smallest absolute Gasteiger partial charge is 0.308 e. The van der Waals surface area contributed by atoms with Gasteiger partial charge in [0, 0.05) is 12.3 Å². The van der Waals surface area contributed by atoms with Gasteiger partial charge in [0.25, 0.3) is 0 Å². The van der Waals surface area contributed by atoms with Gasteiger partial charge in [-0.3, -0.25) is 19.2 Å². The van der Waals surface area contributed by atoms with Crippen LogP contribution in [0.3, 0.4) is 0 Å². The Hall–Kier alpha value is -2.12. The Morgan fingerprint density at radius 2 is 1.69 bits per heavy atom. The Morgan fingerprint density at radius 1 is 1.03 bits per heavy atom. The highest BCUT2D eigenvalue weighted by atomic mass is 16.5. The van der Waals surface area contributed by atoms with Crippen LogP contribution in [0, 0.1) is 46.3 Å². The van der Waals surface area contributed by atoms with Crippen LogP contribution in [-0.4, -0.2) is 47.3 Å². The molecule has 3 saturated carbocycles. The normalized spacial score (nSPS) is 41.7. The summed E-state index contributed by atoms with van der Waals surface area (Å²) in [5.41, 5.74) is -1.40. The summed E-state index contributed by atoms with van der Waals surface area (Å²) in [5, 5.41) is 19.5. The molecule has 0 aromatic rings. The van der Waals surface area contributed by atoms with E-state index in [9.17, 15) is 29.4 Å². The molecule has 3 aliphatic rings. The molecule has 0 aliphatic heterocycles. The number of hydrogen-bond acceptors (Lipinski definition) is 6. The highest BCUT2D eigenvalue weighted by Crippen LogP contribution is 2.67. The van der Waals surface area contributed by atoms with Gasteiger partial charge in [0.1, 0.15) is 6.10 Å². The van der Waals surface area contributed by atoms with Crippen LogP contribution in [0.2, 0.25) is 0 Å². The maximum Gasteiger partial charge on any atom is 0.308 e. The van der Waals surface area contributed by atoms with Crippen molar-refractivity contribution in [3.8, 4) is 0 Å². The summed E-state index contributed by atoms with van der Waals surface area (Å²) in [5.74, 6) is -3.78. The highest BCUT2D eigenvalue weighted by molar-refractivity contribution is 5.74. The van der Waals surface area contributed by atoms with Gasteiger partial charge in [-0.25, -0.2) is 0 Å². The molecule has 0 heterocycles. The van der Waals surface area contributed by atoms with E-state index in [-0.39, 0.29) is 42.0 Å². The first-order chi connectivity index (χ1) is 14.9. The van der Waals surface area contributed by atoms with Crippen LogP contribution in [0.1, 0.15) is 66.2 Å². The Bertz CT molecular complexity index is 793. The van der Waals surface area contributed by atoms with Gasteiger partial charge in [-0.1, -0.05) is 20.8 Å². The van der Waals surface area contributed by atoms with E-state index in [4.69, 9.17) is 9.47 Å². The molecule has 0 spiro atoms. The van der Waals surface area contributed by atoms with Gasteiger partial charge in [0.2, 0.25) is 0 Å². The van der Waals surface area contributed by atoms with Crippen LogP contribution in [0.5, 0.6) is 0 Å². The van der Waals surface area contributed by atoms with Crippen molar-refractivity contribution in [2.24, 2.45) is 46.3 Å². The number of carbonyl (C=O) groups is 4. The van der Waals surface area contributed by atoms with Crippen molar-refractivity contribution in [3.05, 3.63) is 0 Å². The first kappa shape index (κ1) is 24.5. The lowest BCUT2D eigenvalue weighted by Crippen LogP contribution is -2.60. The van der Waals surface area contributed by atoms with E-state index < -0.39 is 40.8 Å². The maximum absolute atomic E-state index is 12.4. The summed E-state index contributed by atoms with van der Waals surface area (Å²) >= 11 is 0. The molecule has 9 atom stereocenters. The Balaban J connectivity index is 2.06. The largest absolute Gasteiger partial charge is 0.481 e. The highest BCUT2D eigenvalue weighted by Gasteiger charge is 2.66. The Morgan fingerprint density at radius 3 is 2.22 bits per heavy atom. The molecule has 8 heteroatoms. The maximum atomic E-state index is 12.4. The van der Waals surface area contributed by atoms with Crippen molar-refractivity contribution in [1.82, 2.24) is 0 Å². The molecule has 3 rings (SSSR count). The number of rotatable bonds is 6. The summed E-state index contributed by atoms with van der Waals surface area (Å²) in [6, 6.07) is 0. The molecule has 0 unspecified atom stereocenters. The van der Waals surface area contributed by atoms with Crippen LogP contribution >= 0.6 is 0 Å². The second-order valence-corrected chi connectivity index (χ2v) is 10.6. The van der Waals surface area contributed by atoms with E-state index >= 15 is 0 Å². The van der Waals surface area contributed by atoms with Crippen molar-refractivity contribution in [2.75, 3.05) is 7.11 Å². The van der Waals surface area contributed by atoms with Crippen molar-refractivity contribution in [3.63, 3.8) is 0 Å². The lowest BCUT2D eigenvalue weighted by atomic mass is 9.45. The third-order valence-electron chi connectivity index (χ3n) is 9.33. The number of esters is 2. The minimum Gasteiger partial charge on any atom is -0.481 e. The average Bonchev–Trinajstić information content (AvgIpc) is 3.05. The molecule has 0 saturated heterocycles. The number of methoxy groups -OCH3 is 1. The Kier molecular flexibility index (Phi) is 6.64. The fraction of sp³-hybridized carbons (Fsp3) is 0.833. The predicted molar refractivity (Wildman–Crippen MR) is 113 cm³/mol. The van der Waals surface area contributed by atoms with E-state index in [1.54, 1.807) is 6.92 Å². The van der Waals surface area contributed by atoms with E-state index in [2.05, 4.69) is 6.92 Å². The summed E-state index contributed by atoms with van der Waals surface area (Å²) in [6.45, 7) is 7.09. The lowest BCUT2D eigenvalue weighted by Gasteiger charge is -2.60. The lowest BCUT2D eigenvalue weighted by molar-refractivity contribution is -0.198. The third-order valence-corrected chi connectivity index (χ3v) is 9.33. The summed E-state index contributed by atoms with van der Waals surface area (Å²) in [7, 11) is 1.37. The molecule has 0 bridgehead atoms. The summed E-state index contributed by atoms with van der Waals surface area (Å²) < 4.78 is 10.9. The number of hydrogen-bond donors (Lipinski definition) is 2. The zero-order valence-corrected chi connectivity index (χ0v) is 19.6. The minimum atomic E-state index is -1.01. The fourth-order valence-corrected chi connectivity index (χ4v) is 7.96. The van der Waals surface area contributed by atoms with E-state index in [0.29, 0.717) is 19.3 Å². The van der Waals surface area contributed by atoms with E-state index in [1.165, 1.54) is 14.0 Å². The molecule has 3 aliphatic carbocycles. The minimum absolute atomic E-state index is 0.0341. The average molecular weight is 453 g/mol. The quantitative estimate of drug-likeness (QED) is 0.587. The number of aliphatic carboxylic acids is 2. The van der Waals surface area contributed by atoms with Gasteiger partial charge in [-0.15, -0.1) is 0 Å². The number of fused-ring (bicyclic) bond motifs is 3. The second-order valence-electron chi connectivity index (χ2n) is 10.6. The number of carboxylic acids is 2. The molecular weight excluding hydrogens is 416 g/mol. The second kappa shape index (κ2) is 8.67. The van der Waals surface area contributed by atoms with Gasteiger partial charge in [0.15, 0.2) is 0 Å². The molecule has 180 valence electrons. The molecule has 0 amide bonds. The Labute approximate surface area is 189 Å². The molecule has 32 heavy (non-hydrogen) atoms. The number of carbonyl (C=O) groups excluding carboxylic acids is 2. The van der Waals surface area contributed by atoms with E-state index in [0.717, 1.165) is 12.8 Å². The first-order valence-corrected chi connectivity index (χ1v) is 11.6. The zero-order chi connectivity index (χ0) is 24.0. The predicted octanol–water partition coefficient (Wildman–Crippen LogP) is 3.37. The van der Waals surface area contributed by atoms with Gasteiger partial charge in [0.05, 0.1) is 25.4 Å². The van der Waals surface area contributed by atoms with Crippen molar-refractivity contribution in [1.29, 1.82) is 0 Å². The number of ether oxygens (including phenoxy) is 2. The van der Waals surface area contributed by atoms with Gasteiger partial charge < -0.3 is 19.7 Å². The third kappa shape index (κ3) is 3.79. The topological polar surface area (TPSA) is 127 Å². The van der Waals surface area contributed by atoms with Crippen molar-refractivity contribution < 1.29 is 38.9 Å². The molecular formula is C24H36O8. The fourth-order valence-electron chi connectivity index (χ4n) is 7.96. The van der Waals surface area contributed by atoms with Crippen LogP contribution < -0.4 is 0 Å². The van der Waals surface area contributed by atoms with Gasteiger partial charge >= 0.3 is 23.9 Å². The molecule has 0 aromatic heterocycles. The molecule has 0 radical (unpaired) electrons. The standard InChI is InChI=1S/C24H36O8/c1-12(22(30)31-5)15-8-9-16-14-6-7-17(21(28)29)23(3,11-20(26)27)18(14)10-19(24(15,16)4)32-13(2)25/h12,14-19H,6-11H2,1-5H3,(H,26,27)(H,28,29)/t12-,14-,15-,16+,17+,18+,19+,23-,24+/m0/s1. The van der Waals surface area contributed by atoms with Crippen LogP contribution in [0.4, 0.5) is 0 Å². The SMILES string of the molecule is COC(=O)[C@@H](C)[C@@H]1CC[C@@H]2[C@@H]3CC[C@H](C(=O)O)[C@](C)(CC(=O)O)[C@@H]3C[C@@H](OC(C)=O)[C@@]21C. The zero-order valence-electron chi connectivity index (χ0n) is 19.6. The van der Waals surface area contributed by atoms with Crippen LogP contribution in [0.15, 0.2) is 0 Å². The van der Waals surface area contributed by atoms with Gasteiger partial charge in [-0.2, -0.15) is 0 Å². The van der Waals surface area contributed by atoms with Gasteiger partial charge in [-0.05, 0) is 61.2 Å². The van der Waals surface area contributed by atoms with Crippen molar-refractivity contribution >= 4 is 23.9 Å².